The number of aliphatic hydroxyl groups excluding tert-OH is 1. The molecule has 0 aliphatic heterocycles. The van der Waals surface area contributed by atoms with Gasteiger partial charge in [0.15, 0.2) is 6.10 Å². The van der Waals surface area contributed by atoms with Crippen molar-refractivity contribution in [1.29, 1.82) is 0 Å². The molecule has 0 fully saturated rings. The van der Waals surface area contributed by atoms with Crippen molar-refractivity contribution in [3.8, 4) is 0 Å². The first kappa shape index (κ1) is 43.2. The van der Waals surface area contributed by atoms with E-state index in [1.807, 2.05) is 21.1 Å². The molecule has 0 aromatic rings. The van der Waals surface area contributed by atoms with Crippen LogP contribution in [0.25, 0.3) is 0 Å². The Balaban J connectivity index is 4.52. The minimum absolute atomic E-state index is 0.0957. The smallest absolute Gasteiger partial charge is 0.328 e. The van der Waals surface area contributed by atoms with E-state index in [0.29, 0.717) is 17.4 Å². The Bertz CT molecular complexity index is 876. The van der Waals surface area contributed by atoms with Gasteiger partial charge in [0.25, 0.3) is 7.82 Å². The number of aliphatic carboxylic acids is 1. The van der Waals surface area contributed by atoms with Gasteiger partial charge in [-0.2, -0.15) is 0 Å². The minimum atomic E-state index is -4.70. The fourth-order valence-electron chi connectivity index (χ4n) is 4.29. The number of rotatable bonds is 30. The maximum atomic E-state index is 12.4. The van der Waals surface area contributed by atoms with E-state index in [9.17, 15) is 28.9 Å². The number of carboxylic acids is 1. The number of hydrogen-bond donors (Lipinski definition) is 2. The summed E-state index contributed by atoms with van der Waals surface area (Å²) in [7, 11) is 0.937. The molecule has 0 heterocycles. The lowest BCUT2D eigenvalue weighted by atomic mass is 10.0. The summed E-state index contributed by atoms with van der Waals surface area (Å²) >= 11 is 0. The van der Waals surface area contributed by atoms with Crippen LogP contribution < -0.4 is 4.89 Å². The predicted octanol–water partition coefficient (Wildman–Crippen LogP) is 5.30. The zero-order valence-corrected chi connectivity index (χ0v) is 29.0. The normalized spacial score (nSPS) is 14.6. The van der Waals surface area contributed by atoms with Crippen molar-refractivity contribution < 1.29 is 57.1 Å². The van der Waals surface area contributed by atoms with Crippen LogP contribution in [0.5, 0.6) is 0 Å². The number of likely N-dealkylation sites (N-methyl/N-ethyl adjacent to an activating group) is 1. The molecule has 0 spiro atoms. The zero-order chi connectivity index (χ0) is 34.0. The van der Waals surface area contributed by atoms with Gasteiger partial charge in [0.2, 0.25) is 0 Å². The second-order valence-corrected chi connectivity index (χ2v) is 13.9. The van der Waals surface area contributed by atoms with Crippen molar-refractivity contribution in [2.75, 3.05) is 47.5 Å². The van der Waals surface area contributed by atoms with Crippen LogP contribution in [-0.4, -0.2) is 92.3 Å². The average Bonchev–Trinajstić information content (AvgIpc) is 2.95. The van der Waals surface area contributed by atoms with Crippen molar-refractivity contribution in [3.63, 3.8) is 0 Å². The molecule has 3 atom stereocenters. The molecule has 0 aliphatic carbocycles. The molecule has 0 aromatic heterocycles. The van der Waals surface area contributed by atoms with Crippen molar-refractivity contribution in [2.24, 2.45) is 0 Å². The topological polar surface area (TPSA) is 169 Å². The number of ether oxygens (including phenoxy) is 2. The lowest BCUT2D eigenvalue weighted by molar-refractivity contribution is -0.870. The van der Waals surface area contributed by atoms with Crippen molar-refractivity contribution in [2.45, 2.75) is 128 Å². The molecular formula is C32H60NO11P. The van der Waals surface area contributed by atoms with Crippen LogP contribution in [-0.2, 0) is 37.5 Å². The van der Waals surface area contributed by atoms with E-state index >= 15 is 0 Å². The molecule has 0 radical (unpaired) electrons. The summed E-state index contributed by atoms with van der Waals surface area (Å²) in [6, 6.07) is 0. The summed E-state index contributed by atoms with van der Waals surface area (Å²) < 4.78 is 33.1. The Hall–Kier alpha value is -1.82. The maximum Gasteiger partial charge on any atom is 0.328 e. The molecule has 0 saturated heterocycles. The molecule has 13 heteroatoms. The summed E-state index contributed by atoms with van der Waals surface area (Å²) in [5.74, 6) is -2.38. The highest BCUT2D eigenvalue weighted by Gasteiger charge is 2.22. The number of carbonyl (C=O) groups excluding carboxylic acids is 2. The molecule has 2 N–H and O–H groups in total. The Morgan fingerprint density at radius 3 is 1.87 bits per heavy atom. The van der Waals surface area contributed by atoms with E-state index in [2.05, 4.69) is 6.92 Å². The van der Waals surface area contributed by atoms with Crippen LogP contribution in [0, 0.1) is 0 Å². The predicted molar refractivity (Wildman–Crippen MR) is 170 cm³/mol. The SMILES string of the molecule is CCCCCCCCCCCCCCCC(=O)OCC(COP(=O)([O-])OCC[N+](C)(C)C)OC(=O)CCCC(O)/C=C/C(=O)O. The number of carboxylic acid groups (broad SMARTS) is 1. The number of esters is 2. The van der Waals surface area contributed by atoms with Crippen LogP contribution in [0.2, 0.25) is 0 Å². The van der Waals surface area contributed by atoms with E-state index < -0.39 is 44.5 Å². The van der Waals surface area contributed by atoms with Gasteiger partial charge in [0, 0.05) is 18.9 Å². The molecule has 0 aromatic carbocycles. The number of unbranched alkanes of at least 4 members (excludes halogenated alkanes) is 12. The van der Waals surface area contributed by atoms with Crippen LogP contribution >= 0.6 is 7.82 Å². The van der Waals surface area contributed by atoms with Crippen LogP contribution in [0.15, 0.2) is 12.2 Å². The number of phosphoric acid groups is 1. The van der Waals surface area contributed by atoms with Gasteiger partial charge in [0.05, 0.1) is 33.9 Å². The number of carbonyl (C=O) groups is 3. The second-order valence-electron chi connectivity index (χ2n) is 12.5. The third kappa shape index (κ3) is 30.6. The Kier molecular flexibility index (Phi) is 25.2. The molecule has 0 aliphatic rings. The summed E-state index contributed by atoms with van der Waals surface area (Å²) in [6.07, 6.45) is 15.5. The number of hydrogen-bond acceptors (Lipinski definition) is 10. The van der Waals surface area contributed by atoms with Crippen LogP contribution in [0.1, 0.15) is 116 Å². The summed E-state index contributed by atoms with van der Waals surface area (Å²) in [5, 5.41) is 18.4. The number of phosphoric ester groups is 1. The minimum Gasteiger partial charge on any atom is -0.756 e. The van der Waals surface area contributed by atoms with Gasteiger partial charge in [-0.15, -0.1) is 0 Å². The fraction of sp³-hybridized carbons (Fsp3) is 0.844. The molecule has 0 saturated carbocycles. The van der Waals surface area contributed by atoms with E-state index in [0.717, 1.165) is 31.4 Å². The van der Waals surface area contributed by atoms with E-state index in [1.165, 1.54) is 57.8 Å². The largest absolute Gasteiger partial charge is 0.756 e. The van der Waals surface area contributed by atoms with Gasteiger partial charge < -0.3 is 38.1 Å². The molecule has 12 nitrogen and oxygen atoms in total. The molecule has 0 rings (SSSR count). The Labute approximate surface area is 270 Å². The standard InChI is InChI=1S/C32H60NO11P/c1-5-6-7-8-9-10-11-12-13-14-15-16-17-20-31(37)41-26-29(27-43-45(39,40)42-25-24-33(2,3)4)44-32(38)21-18-19-28(34)22-23-30(35)36/h22-23,28-29,34H,5-21,24-27H2,1-4H3,(H-,35,36,39,40)/b23-22+. The van der Waals surface area contributed by atoms with E-state index in [-0.39, 0.29) is 38.9 Å². The fourth-order valence-corrected chi connectivity index (χ4v) is 5.02. The van der Waals surface area contributed by atoms with Gasteiger partial charge in [-0.1, -0.05) is 84.0 Å². The third-order valence-electron chi connectivity index (χ3n) is 6.98. The molecule has 45 heavy (non-hydrogen) atoms. The van der Waals surface area contributed by atoms with Crippen molar-refractivity contribution in [1.82, 2.24) is 0 Å². The number of aliphatic hydroxyl groups is 1. The summed E-state index contributed by atoms with van der Waals surface area (Å²) in [6.45, 7) is 1.57. The number of nitrogens with zero attached hydrogens (tertiary/aromatic N) is 1. The number of quaternary nitrogens is 1. The average molecular weight is 666 g/mol. The molecular weight excluding hydrogens is 605 g/mol. The van der Waals surface area contributed by atoms with E-state index in [4.69, 9.17) is 23.6 Å². The molecule has 0 bridgehead atoms. The summed E-state index contributed by atoms with van der Waals surface area (Å²) in [5.41, 5.74) is 0. The third-order valence-corrected chi connectivity index (χ3v) is 7.95. The Morgan fingerprint density at radius 2 is 1.33 bits per heavy atom. The highest BCUT2D eigenvalue weighted by atomic mass is 31.2. The van der Waals surface area contributed by atoms with Gasteiger partial charge in [-0.3, -0.25) is 14.2 Å². The lowest BCUT2D eigenvalue weighted by Crippen LogP contribution is -2.37. The van der Waals surface area contributed by atoms with Crippen LogP contribution in [0.4, 0.5) is 0 Å². The molecule has 0 amide bonds. The quantitative estimate of drug-likeness (QED) is 0.0336. The zero-order valence-electron chi connectivity index (χ0n) is 28.1. The monoisotopic (exact) mass is 665 g/mol. The first-order valence-electron chi connectivity index (χ1n) is 16.6. The second kappa shape index (κ2) is 26.3. The molecule has 264 valence electrons. The Morgan fingerprint density at radius 1 is 0.800 bits per heavy atom. The first-order valence-corrected chi connectivity index (χ1v) is 18.0. The van der Waals surface area contributed by atoms with Gasteiger partial charge >= 0.3 is 17.9 Å². The van der Waals surface area contributed by atoms with Gasteiger partial charge in [-0.05, 0) is 25.3 Å². The maximum absolute atomic E-state index is 12.4. The van der Waals surface area contributed by atoms with Crippen LogP contribution in [0.3, 0.4) is 0 Å². The molecule has 3 unspecified atom stereocenters. The lowest BCUT2D eigenvalue weighted by Gasteiger charge is -2.28. The summed E-state index contributed by atoms with van der Waals surface area (Å²) in [4.78, 5) is 47.4. The first-order chi connectivity index (χ1) is 21.2. The highest BCUT2D eigenvalue weighted by Crippen LogP contribution is 2.38. The van der Waals surface area contributed by atoms with Crippen molar-refractivity contribution >= 4 is 25.7 Å². The highest BCUT2D eigenvalue weighted by molar-refractivity contribution is 7.45. The van der Waals surface area contributed by atoms with Gasteiger partial charge in [0.1, 0.15) is 19.8 Å². The van der Waals surface area contributed by atoms with Gasteiger partial charge in [-0.25, -0.2) is 4.79 Å². The van der Waals surface area contributed by atoms with Crippen molar-refractivity contribution in [3.05, 3.63) is 12.2 Å². The van der Waals surface area contributed by atoms with E-state index in [1.54, 1.807) is 0 Å².